The van der Waals surface area contributed by atoms with Crippen LogP contribution in [0.2, 0.25) is 0 Å². The second-order valence-corrected chi connectivity index (χ2v) is 8.92. The minimum atomic E-state index is -0.0938. The summed E-state index contributed by atoms with van der Waals surface area (Å²) in [4.78, 5) is 4.75. The van der Waals surface area contributed by atoms with Gasteiger partial charge in [0.05, 0.1) is 5.69 Å². The number of phenolic OH excluding ortho intramolecular Hbond substituents is 1. The molecule has 0 aromatic heterocycles. The third-order valence-corrected chi connectivity index (χ3v) is 4.54. The molecule has 2 rings (SSSR count). The van der Waals surface area contributed by atoms with E-state index < -0.39 is 0 Å². The Labute approximate surface area is 152 Å². The third kappa shape index (κ3) is 4.12. The van der Waals surface area contributed by atoms with Crippen LogP contribution >= 0.6 is 0 Å². The molecule has 0 aliphatic carbocycles. The molecule has 0 atom stereocenters. The molecule has 25 heavy (non-hydrogen) atoms. The zero-order chi connectivity index (χ0) is 19.0. The number of hydrogen-bond acceptors (Lipinski definition) is 2. The van der Waals surface area contributed by atoms with E-state index in [1.807, 2.05) is 18.3 Å². The highest BCUT2D eigenvalue weighted by molar-refractivity contribution is 5.89. The zero-order valence-electron chi connectivity index (χ0n) is 16.9. The van der Waals surface area contributed by atoms with E-state index in [0.29, 0.717) is 0 Å². The molecule has 2 aromatic carbocycles. The van der Waals surface area contributed by atoms with Crippen LogP contribution in [0.3, 0.4) is 0 Å². The molecule has 0 fully saturated rings. The van der Waals surface area contributed by atoms with Gasteiger partial charge in [-0.1, -0.05) is 65.8 Å². The van der Waals surface area contributed by atoms with Gasteiger partial charge < -0.3 is 5.11 Å². The number of benzene rings is 2. The lowest BCUT2D eigenvalue weighted by molar-refractivity contribution is 0.465. The normalized spacial score (nSPS) is 12.8. The Hall–Kier alpha value is -2.09. The maximum absolute atomic E-state index is 10.6. The lowest BCUT2D eigenvalue weighted by Crippen LogP contribution is -2.24. The molecule has 2 nitrogen and oxygen atoms in total. The average Bonchev–Trinajstić information content (AvgIpc) is 2.45. The van der Waals surface area contributed by atoms with E-state index in [2.05, 4.69) is 67.5 Å². The Morgan fingerprint density at radius 3 is 1.88 bits per heavy atom. The van der Waals surface area contributed by atoms with E-state index in [9.17, 15) is 5.11 Å². The number of aromatic hydroxyl groups is 1. The van der Waals surface area contributed by atoms with Crippen LogP contribution in [0, 0.1) is 13.8 Å². The van der Waals surface area contributed by atoms with Crippen molar-refractivity contribution in [3.8, 4) is 5.75 Å². The summed E-state index contributed by atoms with van der Waals surface area (Å²) in [7, 11) is 0. The maximum Gasteiger partial charge on any atom is 0.124 e. The first-order chi connectivity index (χ1) is 11.4. The van der Waals surface area contributed by atoms with Crippen molar-refractivity contribution in [2.75, 3.05) is 0 Å². The fraction of sp³-hybridized carbons (Fsp3) is 0.435. The maximum atomic E-state index is 10.6. The van der Waals surface area contributed by atoms with Crippen molar-refractivity contribution in [2.45, 2.75) is 66.2 Å². The number of rotatable bonds is 2. The average molecular weight is 338 g/mol. The van der Waals surface area contributed by atoms with E-state index in [1.54, 1.807) is 6.07 Å². The Morgan fingerprint density at radius 2 is 1.40 bits per heavy atom. The monoisotopic (exact) mass is 337 g/mol. The largest absolute Gasteiger partial charge is 0.507 e. The van der Waals surface area contributed by atoms with Crippen LogP contribution in [0.5, 0.6) is 5.75 Å². The molecule has 0 unspecified atom stereocenters. The van der Waals surface area contributed by atoms with Gasteiger partial charge in [0, 0.05) is 11.8 Å². The molecule has 0 heterocycles. The number of para-hydroxylation sites is 1. The van der Waals surface area contributed by atoms with E-state index >= 15 is 0 Å². The van der Waals surface area contributed by atoms with E-state index in [-0.39, 0.29) is 16.6 Å². The highest BCUT2D eigenvalue weighted by Crippen LogP contribution is 2.39. The molecule has 0 radical (unpaired) electrons. The standard InChI is InChI=1S/C23H31NO/c1-15-10-9-11-16(2)21(15)24-14-17-19(25)13-12-18(22(3,4)5)20(17)23(6,7)8/h9-14,25H,1-8H3. The molecule has 0 amide bonds. The minimum Gasteiger partial charge on any atom is -0.507 e. The first-order valence-corrected chi connectivity index (χ1v) is 8.90. The summed E-state index contributed by atoms with van der Waals surface area (Å²) in [5, 5.41) is 10.6. The first-order valence-electron chi connectivity index (χ1n) is 8.90. The Morgan fingerprint density at radius 1 is 0.840 bits per heavy atom. The molecule has 2 aromatic rings. The van der Waals surface area contributed by atoms with E-state index in [1.165, 1.54) is 5.56 Å². The number of aryl methyl sites for hydroxylation is 2. The fourth-order valence-electron chi connectivity index (χ4n) is 3.31. The summed E-state index contributed by atoms with van der Waals surface area (Å²) in [6, 6.07) is 10.0. The lowest BCUT2D eigenvalue weighted by Gasteiger charge is -2.32. The first kappa shape index (κ1) is 19.2. The van der Waals surface area contributed by atoms with Crippen LogP contribution < -0.4 is 0 Å². The highest BCUT2D eigenvalue weighted by atomic mass is 16.3. The van der Waals surface area contributed by atoms with Crippen molar-refractivity contribution in [1.82, 2.24) is 0 Å². The Balaban J connectivity index is 2.71. The van der Waals surface area contributed by atoms with Gasteiger partial charge in [-0.2, -0.15) is 0 Å². The minimum absolute atomic E-state index is 0.00250. The number of hydrogen-bond donors (Lipinski definition) is 1. The van der Waals surface area contributed by atoms with Crippen molar-refractivity contribution < 1.29 is 5.11 Å². The van der Waals surface area contributed by atoms with Gasteiger partial charge in [0.2, 0.25) is 0 Å². The van der Waals surface area contributed by atoms with Crippen molar-refractivity contribution >= 4 is 11.9 Å². The number of nitrogens with zero attached hydrogens (tertiary/aromatic N) is 1. The predicted octanol–water partition coefficient (Wildman–Crippen LogP) is 6.35. The molecule has 0 spiro atoms. The molecule has 0 saturated heterocycles. The van der Waals surface area contributed by atoms with Gasteiger partial charge in [-0.05, 0) is 53.0 Å². The summed E-state index contributed by atoms with van der Waals surface area (Å²) >= 11 is 0. The quantitative estimate of drug-likeness (QED) is 0.636. The van der Waals surface area contributed by atoms with Gasteiger partial charge in [-0.15, -0.1) is 0 Å². The molecule has 0 aliphatic rings. The smallest absolute Gasteiger partial charge is 0.124 e. The topological polar surface area (TPSA) is 32.6 Å². The summed E-state index contributed by atoms with van der Waals surface area (Å²) in [5.41, 5.74) is 6.39. The highest BCUT2D eigenvalue weighted by Gasteiger charge is 2.28. The van der Waals surface area contributed by atoms with E-state index in [4.69, 9.17) is 4.99 Å². The van der Waals surface area contributed by atoms with Gasteiger partial charge in [0.15, 0.2) is 0 Å². The molecule has 134 valence electrons. The summed E-state index contributed by atoms with van der Waals surface area (Å²) in [6.45, 7) is 17.3. The van der Waals surface area contributed by atoms with E-state index in [0.717, 1.165) is 27.9 Å². The molecule has 0 bridgehead atoms. The number of phenols is 1. The van der Waals surface area contributed by atoms with Crippen LogP contribution in [0.4, 0.5) is 5.69 Å². The zero-order valence-corrected chi connectivity index (χ0v) is 16.9. The van der Waals surface area contributed by atoms with Crippen molar-refractivity contribution in [2.24, 2.45) is 4.99 Å². The van der Waals surface area contributed by atoms with Gasteiger partial charge in [-0.3, -0.25) is 4.99 Å². The molecule has 1 N–H and O–H groups in total. The molecule has 0 aliphatic heterocycles. The van der Waals surface area contributed by atoms with Crippen molar-refractivity contribution in [3.63, 3.8) is 0 Å². The van der Waals surface area contributed by atoms with Gasteiger partial charge in [0.1, 0.15) is 5.75 Å². The van der Waals surface area contributed by atoms with Crippen LogP contribution in [0.1, 0.15) is 69.4 Å². The van der Waals surface area contributed by atoms with Crippen molar-refractivity contribution in [1.29, 1.82) is 0 Å². The number of aliphatic imine (C=N–C) groups is 1. The molecule has 0 saturated carbocycles. The van der Waals surface area contributed by atoms with Gasteiger partial charge >= 0.3 is 0 Å². The van der Waals surface area contributed by atoms with Crippen LogP contribution in [0.15, 0.2) is 35.3 Å². The molecular weight excluding hydrogens is 306 g/mol. The SMILES string of the molecule is Cc1cccc(C)c1N=Cc1c(O)ccc(C(C)(C)C)c1C(C)(C)C. The van der Waals surface area contributed by atoms with Crippen molar-refractivity contribution in [3.05, 3.63) is 58.1 Å². The molecular formula is C23H31NO. The molecule has 2 heteroatoms. The predicted molar refractivity (Wildman–Crippen MR) is 109 cm³/mol. The lowest BCUT2D eigenvalue weighted by atomic mass is 9.73. The van der Waals surface area contributed by atoms with Gasteiger partial charge in [0.25, 0.3) is 0 Å². The van der Waals surface area contributed by atoms with Gasteiger partial charge in [-0.25, -0.2) is 0 Å². The van der Waals surface area contributed by atoms with Crippen LogP contribution in [-0.2, 0) is 10.8 Å². The summed E-state index contributed by atoms with van der Waals surface area (Å²) < 4.78 is 0. The third-order valence-electron chi connectivity index (χ3n) is 4.54. The van der Waals surface area contributed by atoms with Crippen LogP contribution in [-0.4, -0.2) is 11.3 Å². The Kier molecular flexibility index (Phi) is 5.13. The summed E-state index contributed by atoms with van der Waals surface area (Å²) in [5.74, 6) is 0.285. The summed E-state index contributed by atoms with van der Waals surface area (Å²) in [6.07, 6.45) is 1.83. The van der Waals surface area contributed by atoms with Crippen LogP contribution in [0.25, 0.3) is 0 Å². The second kappa shape index (κ2) is 6.67. The Bertz CT molecular complexity index is 782. The second-order valence-electron chi connectivity index (χ2n) is 8.92. The fourth-order valence-corrected chi connectivity index (χ4v) is 3.31.